The van der Waals surface area contributed by atoms with E-state index < -0.39 is 11.9 Å². The maximum atomic E-state index is 13.0. The van der Waals surface area contributed by atoms with Crippen molar-refractivity contribution in [3.63, 3.8) is 0 Å². The highest BCUT2D eigenvalue weighted by molar-refractivity contribution is 6.09. The van der Waals surface area contributed by atoms with E-state index in [4.69, 9.17) is 0 Å². The van der Waals surface area contributed by atoms with Crippen LogP contribution in [0.15, 0.2) is 65.7 Å². The van der Waals surface area contributed by atoms with Crippen molar-refractivity contribution >= 4 is 29.2 Å². The first kappa shape index (κ1) is 21.6. The van der Waals surface area contributed by atoms with Crippen LogP contribution in [0.4, 0.5) is 11.4 Å². The number of hydrogen-bond donors (Lipinski definition) is 2. The van der Waals surface area contributed by atoms with Gasteiger partial charge in [-0.1, -0.05) is 24.3 Å². The van der Waals surface area contributed by atoms with Crippen LogP contribution in [0.25, 0.3) is 0 Å². The van der Waals surface area contributed by atoms with Gasteiger partial charge in [0.25, 0.3) is 11.8 Å². The molecular formula is C25H27N3O4. The Labute approximate surface area is 187 Å². The van der Waals surface area contributed by atoms with E-state index in [0.29, 0.717) is 42.8 Å². The van der Waals surface area contributed by atoms with Gasteiger partial charge >= 0.3 is 5.97 Å². The number of rotatable bonds is 5. The first-order valence-corrected chi connectivity index (χ1v) is 11.0. The molecule has 2 aromatic carbocycles. The minimum Gasteiger partial charge on any atom is -0.478 e. The van der Waals surface area contributed by atoms with Crippen LogP contribution in [0, 0.1) is 0 Å². The van der Waals surface area contributed by atoms with Crippen LogP contribution in [0.3, 0.4) is 0 Å². The van der Waals surface area contributed by atoms with Crippen molar-refractivity contribution in [2.24, 2.45) is 0 Å². The van der Waals surface area contributed by atoms with E-state index in [1.165, 1.54) is 0 Å². The molecule has 0 saturated carbocycles. The van der Waals surface area contributed by atoms with E-state index in [-0.39, 0.29) is 11.5 Å². The fraction of sp³-hybridized carbons (Fsp3) is 0.320. The van der Waals surface area contributed by atoms with Crippen molar-refractivity contribution in [1.82, 2.24) is 4.90 Å². The standard InChI is InChI=1S/C25H27N3O4/c29-23(21-11-4-5-12-22(21)25(31)32)26-19-8-6-7-18(17-19)24(30)28-15-13-27(14-16-28)20-9-2-1-3-10-20/h1-3,6-10,17H,4-5,11-16H2,(H,26,29)(H,31,32). The van der Waals surface area contributed by atoms with Crippen LogP contribution >= 0.6 is 0 Å². The summed E-state index contributed by atoms with van der Waals surface area (Å²) < 4.78 is 0. The van der Waals surface area contributed by atoms with Gasteiger partial charge in [0, 0.05) is 54.3 Å². The number of carboxylic acids is 1. The van der Waals surface area contributed by atoms with Crippen molar-refractivity contribution in [2.75, 3.05) is 36.4 Å². The van der Waals surface area contributed by atoms with Crippen molar-refractivity contribution in [3.05, 3.63) is 71.3 Å². The predicted octanol–water partition coefficient (Wildman–Crippen LogP) is 3.54. The number of nitrogens with zero attached hydrogens (tertiary/aromatic N) is 2. The molecule has 0 bridgehead atoms. The zero-order valence-electron chi connectivity index (χ0n) is 17.9. The summed E-state index contributed by atoms with van der Waals surface area (Å²) in [5.74, 6) is -1.51. The summed E-state index contributed by atoms with van der Waals surface area (Å²) in [6.45, 7) is 2.77. The van der Waals surface area contributed by atoms with Gasteiger partial charge in [0.1, 0.15) is 0 Å². The Morgan fingerprint density at radius 2 is 1.50 bits per heavy atom. The van der Waals surface area contributed by atoms with E-state index in [2.05, 4.69) is 22.3 Å². The van der Waals surface area contributed by atoms with Crippen molar-refractivity contribution in [3.8, 4) is 0 Å². The molecular weight excluding hydrogens is 406 g/mol. The van der Waals surface area contributed by atoms with Crippen LogP contribution in [-0.2, 0) is 9.59 Å². The fourth-order valence-electron chi connectivity index (χ4n) is 4.32. The lowest BCUT2D eigenvalue weighted by atomic mass is 9.91. The predicted molar refractivity (Wildman–Crippen MR) is 123 cm³/mol. The topological polar surface area (TPSA) is 89.9 Å². The van der Waals surface area contributed by atoms with Crippen molar-refractivity contribution < 1.29 is 19.5 Å². The Hall–Kier alpha value is -3.61. The summed E-state index contributed by atoms with van der Waals surface area (Å²) in [4.78, 5) is 41.3. The average Bonchev–Trinajstić information content (AvgIpc) is 2.84. The number of amides is 2. The molecule has 2 aliphatic rings. The van der Waals surface area contributed by atoms with Crippen LogP contribution in [0.2, 0.25) is 0 Å². The highest BCUT2D eigenvalue weighted by atomic mass is 16.4. The highest BCUT2D eigenvalue weighted by Crippen LogP contribution is 2.26. The Bertz CT molecular complexity index is 1040. The second-order valence-corrected chi connectivity index (χ2v) is 8.12. The first-order valence-electron chi connectivity index (χ1n) is 11.0. The highest BCUT2D eigenvalue weighted by Gasteiger charge is 2.25. The summed E-state index contributed by atoms with van der Waals surface area (Å²) in [5.41, 5.74) is 2.68. The summed E-state index contributed by atoms with van der Waals surface area (Å²) in [6.07, 6.45) is 2.44. The Morgan fingerprint density at radius 3 is 2.19 bits per heavy atom. The molecule has 2 amide bonds. The molecule has 4 rings (SSSR count). The number of carbonyl (C=O) groups excluding carboxylic acids is 2. The monoisotopic (exact) mass is 433 g/mol. The molecule has 2 aromatic rings. The molecule has 7 heteroatoms. The molecule has 1 fully saturated rings. The molecule has 0 atom stereocenters. The van der Waals surface area contributed by atoms with E-state index in [0.717, 1.165) is 31.6 Å². The largest absolute Gasteiger partial charge is 0.478 e. The summed E-state index contributed by atoms with van der Waals surface area (Å²) in [5, 5.41) is 12.2. The number of hydrogen-bond acceptors (Lipinski definition) is 4. The average molecular weight is 434 g/mol. The number of piperazine rings is 1. The molecule has 0 unspecified atom stereocenters. The van der Waals surface area contributed by atoms with Crippen molar-refractivity contribution in [1.29, 1.82) is 0 Å². The minimum atomic E-state index is -1.03. The summed E-state index contributed by atoms with van der Waals surface area (Å²) in [7, 11) is 0. The molecule has 1 heterocycles. The molecule has 7 nitrogen and oxygen atoms in total. The molecule has 1 aliphatic heterocycles. The molecule has 0 spiro atoms. The normalized spacial score (nSPS) is 16.6. The second kappa shape index (κ2) is 9.68. The van der Waals surface area contributed by atoms with Gasteiger partial charge in [0.2, 0.25) is 0 Å². The van der Waals surface area contributed by atoms with E-state index in [1.54, 1.807) is 24.3 Å². The maximum absolute atomic E-state index is 13.0. The zero-order chi connectivity index (χ0) is 22.5. The van der Waals surface area contributed by atoms with Crippen molar-refractivity contribution in [2.45, 2.75) is 25.7 Å². The lowest BCUT2D eigenvalue weighted by Gasteiger charge is -2.36. The third-order valence-electron chi connectivity index (χ3n) is 6.06. The lowest BCUT2D eigenvalue weighted by molar-refractivity contribution is -0.133. The van der Waals surface area contributed by atoms with E-state index in [9.17, 15) is 19.5 Å². The molecule has 1 saturated heterocycles. The second-order valence-electron chi connectivity index (χ2n) is 8.12. The number of nitrogens with one attached hydrogen (secondary N) is 1. The van der Waals surface area contributed by atoms with E-state index in [1.807, 2.05) is 23.1 Å². The van der Waals surface area contributed by atoms with Crippen LogP contribution in [-0.4, -0.2) is 54.0 Å². The van der Waals surface area contributed by atoms with E-state index >= 15 is 0 Å². The van der Waals surface area contributed by atoms with Crippen LogP contribution < -0.4 is 10.2 Å². The van der Waals surface area contributed by atoms with Gasteiger partial charge in [0.05, 0.1) is 0 Å². The molecule has 166 valence electrons. The number of benzene rings is 2. The van der Waals surface area contributed by atoms with Gasteiger partial charge in [-0.2, -0.15) is 0 Å². The molecule has 0 radical (unpaired) electrons. The van der Waals surface area contributed by atoms with Gasteiger partial charge in [-0.15, -0.1) is 0 Å². The lowest BCUT2D eigenvalue weighted by Crippen LogP contribution is -2.48. The van der Waals surface area contributed by atoms with Gasteiger partial charge in [0.15, 0.2) is 0 Å². The number of anilines is 2. The maximum Gasteiger partial charge on any atom is 0.332 e. The SMILES string of the molecule is O=C(O)C1=C(C(=O)Nc2cccc(C(=O)N3CCN(c4ccccc4)CC3)c2)CCCC1. The molecule has 32 heavy (non-hydrogen) atoms. The number of carbonyl (C=O) groups is 3. The first-order chi connectivity index (χ1) is 15.5. The van der Waals surface area contributed by atoms with Gasteiger partial charge in [-0.05, 0) is 56.0 Å². The smallest absolute Gasteiger partial charge is 0.332 e. The third kappa shape index (κ3) is 4.82. The minimum absolute atomic E-state index is 0.0723. The summed E-state index contributed by atoms with van der Waals surface area (Å²) >= 11 is 0. The van der Waals surface area contributed by atoms with Gasteiger partial charge < -0.3 is 20.2 Å². The van der Waals surface area contributed by atoms with Gasteiger partial charge in [-0.25, -0.2) is 4.79 Å². The Morgan fingerprint density at radius 1 is 0.812 bits per heavy atom. The van der Waals surface area contributed by atoms with Crippen LogP contribution in [0.5, 0.6) is 0 Å². The fourth-order valence-corrected chi connectivity index (χ4v) is 4.32. The Balaban J connectivity index is 1.41. The quantitative estimate of drug-likeness (QED) is 0.753. The Kier molecular flexibility index (Phi) is 6.54. The third-order valence-corrected chi connectivity index (χ3v) is 6.06. The van der Waals surface area contributed by atoms with Crippen LogP contribution in [0.1, 0.15) is 36.0 Å². The number of aliphatic carboxylic acids is 1. The zero-order valence-corrected chi connectivity index (χ0v) is 17.9. The molecule has 2 N–H and O–H groups in total. The molecule has 0 aromatic heterocycles. The number of para-hydroxylation sites is 1. The van der Waals surface area contributed by atoms with Gasteiger partial charge in [-0.3, -0.25) is 9.59 Å². The molecule has 1 aliphatic carbocycles. The number of carboxylic acid groups (broad SMARTS) is 1. The summed E-state index contributed by atoms with van der Waals surface area (Å²) in [6, 6.07) is 17.0.